The number of β-amino-alcohol motifs (C(OH)–C–C–N with tert-alkyl or cyclic N) is 1. The van der Waals surface area contributed by atoms with Crippen molar-refractivity contribution in [1.82, 2.24) is 30.0 Å². The standard InChI is InChI=1S/C22H25N7O3S/c1-22(2)7-11-8-24-21(23)26-18(11)20-17(22)19(27-28-20)14(31)6-15-25-12(10-33-15)5-16(32)29-4-3-13(30)9-29/h8,10,13,30H,3-7,9H2,1-2H3,(H,27,28)(H2,23,24,26)/t13-/m1/s1. The van der Waals surface area contributed by atoms with E-state index in [4.69, 9.17) is 5.73 Å². The first-order chi connectivity index (χ1) is 15.7. The predicted octanol–water partition coefficient (Wildman–Crippen LogP) is 1.30. The molecule has 5 rings (SSSR count). The number of hydrogen-bond donors (Lipinski definition) is 3. The van der Waals surface area contributed by atoms with Crippen LogP contribution in [0.15, 0.2) is 11.6 Å². The molecule has 1 saturated heterocycles. The van der Waals surface area contributed by atoms with Crippen LogP contribution in [-0.4, -0.2) is 66.0 Å². The molecular formula is C22H25N7O3S. The summed E-state index contributed by atoms with van der Waals surface area (Å²) < 4.78 is 0. The van der Waals surface area contributed by atoms with Crippen LogP contribution in [0.25, 0.3) is 11.4 Å². The summed E-state index contributed by atoms with van der Waals surface area (Å²) in [5.74, 6) is -0.000166. The second-order valence-corrected chi connectivity index (χ2v) is 10.2. The number of fused-ring (bicyclic) bond motifs is 3. The number of ketones is 1. The highest BCUT2D eigenvalue weighted by molar-refractivity contribution is 7.09. The first kappa shape index (κ1) is 21.7. The Kier molecular flexibility index (Phi) is 5.25. The lowest BCUT2D eigenvalue weighted by molar-refractivity contribution is -0.129. The van der Waals surface area contributed by atoms with Crippen molar-refractivity contribution in [3.8, 4) is 11.4 Å². The SMILES string of the molecule is CC1(C)Cc2cnc(N)nc2-c2n[nH]c(C(=O)Cc3nc(CC(=O)N4CC[C@@H](O)C4)cs3)c21. The molecule has 1 aliphatic heterocycles. The first-order valence-electron chi connectivity index (χ1n) is 10.8. The average Bonchev–Trinajstić information content (AvgIpc) is 3.48. The number of aromatic nitrogens is 5. The van der Waals surface area contributed by atoms with Gasteiger partial charge in [0, 0.05) is 30.2 Å². The lowest BCUT2D eigenvalue weighted by atomic mass is 9.73. The number of Topliss-reactive ketones (excluding diaryl/α,β-unsaturated/α-hetero) is 1. The van der Waals surface area contributed by atoms with Gasteiger partial charge < -0.3 is 15.7 Å². The van der Waals surface area contributed by atoms with Gasteiger partial charge in [-0.2, -0.15) is 5.10 Å². The molecule has 3 aromatic rings. The zero-order valence-electron chi connectivity index (χ0n) is 18.5. The van der Waals surface area contributed by atoms with E-state index in [1.807, 2.05) is 5.38 Å². The smallest absolute Gasteiger partial charge is 0.228 e. The van der Waals surface area contributed by atoms with Crippen LogP contribution in [0.1, 0.15) is 52.6 Å². The molecule has 0 bridgehead atoms. The molecule has 33 heavy (non-hydrogen) atoms. The van der Waals surface area contributed by atoms with Gasteiger partial charge in [0.1, 0.15) is 16.4 Å². The molecule has 4 N–H and O–H groups in total. The van der Waals surface area contributed by atoms with Gasteiger partial charge in [0.25, 0.3) is 0 Å². The number of likely N-dealkylation sites (tertiary alicyclic amines) is 1. The zero-order valence-corrected chi connectivity index (χ0v) is 19.3. The highest BCUT2D eigenvalue weighted by Crippen LogP contribution is 2.43. The van der Waals surface area contributed by atoms with Crippen LogP contribution in [0.2, 0.25) is 0 Å². The first-order valence-corrected chi connectivity index (χ1v) is 11.7. The second kappa shape index (κ2) is 7.99. The predicted molar refractivity (Wildman–Crippen MR) is 122 cm³/mol. The topological polar surface area (TPSA) is 151 Å². The molecule has 0 aromatic carbocycles. The summed E-state index contributed by atoms with van der Waals surface area (Å²) in [6.07, 6.45) is 2.84. The number of aromatic amines is 1. The maximum atomic E-state index is 13.2. The number of thiazole rings is 1. The molecule has 0 saturated carbocycles. The minimum atomic E-state index is -0.447. The molecule has 0 spiro atoms. The van der Waals surface area contributed by atoms with Crippen molar-refractivity contribution in [1.29, 1.82) is 0 Å². The van der Waals surface area contributed by atoms with Crippen molar-refractivity contribution < 1.29 is 14.7 Å². The number of carbonyl (C=O) groups excluding carboxylic acids is 2. The van der Waals surface area contributed by atoms with Crippen molar-refractivity contribution in [2.45, 2.75) is 51.0 Å². The van der Waals surface area contributed by atoms with Crippen LogP contribution in [0.3, 0.4) is 0 Å². The monoisotopic (exact) mass is 467 g/mol. The third-order valence-electron chi connectivity index (χ3n) is 6.22. The summed E-state index contributed by atoms with van der Waals surface area (Å²) in [4.78, 5) is 40.3. The van der Waals surface area contributed by atoms with Crippen molar-refractivity contribution in [2.75, 3.05) is 18.8 Å². The number of nitrogens with one attached hydrogen (secondary N) is 1. The van der Waals surface area contributed by atoms with E-state index < -0.39 is 6.10 Å². The van der Waals surface area contributed by atoms with Crippen LogP contribution in [0, 0.1) is 0 Å². The number of anilines is 1. The largest absolute Gasteiger partial charge is 0.391 e. The molecule has 1 aliphatic carbocycles. The third-order valence-corrected chi connectivity index (χ3v) is 7.12. The number of H-pyrrole nitrogens is 1. The Morgan fingerprint density at radius 3 is 2.88 bits per heavy atom. The van der Waals surface area contributed by atoms with E-state index in [1.165, 1.54) is 11.3 Å². The number of rotatable bonds is 5. The molecule has 11 heteroatoms. The molecule has 3 aromatic heterocycles. The zero-order chi connectivity index (χ0) is 23.3. The van der Waals surface area contributed by atoms with Gasteiger partial charge >= 0.3 is 0 Å². The number of amides is 1. The summed E-state index contributed by atoms with van der Waals surface area (Å²) in [6.45, 7) is 5.07. The molecule has 1 fully saturated rings. The summed E-state index contributed by atoms with van der Waals surface area (Å²) >= 11 is 1.36. The number of carbonyl (C=O) groups is 2. The van der Waals surface area contributed by atoms with E-state index in [-0.39, 0.29) is 35.9 Å². The van der Waals surface area contributed by atoms with Crippen LogP contribution in [0.5, 0.6) is 0 Å². The highest BCUT2D eigenvalue weighted by atomic mass is 32.1. The van der Waals surface area contributed by atoms with Gasteiger partial charge in [0.15, 0.2) is 5.78 Å². The Hall–Kier alpha value is -3.18. The number of nitrogen functional groups attached to an aromatic ring is 1. The van der Waals surface area contributed by atoms with E-state index in [9.17, 15) is 14.7 Å². The molecule has 10 nitrogen and oxygen atoms in total. The quantitative estimate of drug-likeness (QED) is 0.475. The summed E-state index contributed by atoms with van der Waals surface area (Å²) in [7, 11) is 0. The fraction of sp³-hybridized carbons (Fsp3) is 0.455. The van der Waals surface area contributed by atoms with Gasteiger partial charge in [0.2, 0.25) is 11.9 Å². The maximum absolute atomic E-state index is 13.2. The Balaban J connectivity index is 1.34. The molecule has 1 atom stereocenters. The van der Waals surface area contributed by atoms with Crippen molar-refractivity contribution >= 4 is 29.0 Å². The lowest BCUT2D eigenvalue weighted by Crippen LogP contribution is -2.30. The Bertz CT molecular complexity index is 1250. The van der Waals surface area contributed by atoms with Crippen molar-refractivity contribution in [2.24, 2.45) is 0 Å². The molecule has 4 heterocycles. The summed E-state index contributed by atoms with van der Waals surface area (Å²) in [6, 6.07) is 0. The maximum Gasteiger partial charge on any atom is 0.228 e. The number of hydrogen-bond acceptors (Lipinski definition) is 9. The Labute approximate surface area is 194 Å². The van der Waals surface area contributed by atoms with Crippen LogP contribution < -0.4 is 5.73 Å². The van der Waals surface area contributed by atoms with Gasteiger partial charge in [0.05, 0.1) is 30.3 Å². The minimum Gasteiger partial charge on any atom is -0.391 e. The number of nitrogens with zero attached hydrogens (tertiary/aromatic N) is 5. The number of aliphatic hydroxyl groups is 1. The van der Waals surface area contributed by atoms with E-state index in [1.54, 1.807) is 11.1 Å². The van der Waals surface area contributed by atoms with Gasteiger partial charge in [-0.25, -0.2) is 15.0 Å². The number of aliphatic hydroxyl groups excluding tert-OH is 1. The van der Waals surface area contributed by atoms with E-state index in [0.717, 1.165) is 11.1 Å². The van der Waals surface area contributed by atoms with E-state index >= 15 is 0 Å². The average molecular weight is 468 g/mol. The summed E-state index contributed by atoms with van der Waals surface area (Å²) in [5, 5.41) is 19.4. The molecule has 1 amide bonds. The second-order valence-electron chi connectivity index (χ2n) is 9.28. The lowest BCUT2D eigenvalue weighted by Gasteiger charge is -2.30. The highest BCUT2D eigenvalue weighted by Gasteiger charge is 2.38. The normalized spacial score (nSPS) is 18.8. The van der Waals surface area contributed by atoms with Crippen LogP contribution in [-0.2, 0) is 29.5 Å². The van der Waals surface area contributed by atoms with Gasteiger partial charge in [-0.1, -0.05) is 13.8 Å². The van der Waals surface area contributed by atoms with Gasteiger partial charge in [-0.3, -0.25) is 14.7 Å². The molecule has 2 aliphatic rings. The van der Waals surface area contributed by atoms with E-state index in [2.05, 4.69) is 39.0 Å². The van der Waals surface area contributed by atoms with Gasteiger partial charge in [-0.05, 0) is 23.8 Å². The minimum absolute atomic E-state index is 0.0564. The van der Waals surface area contributed by atoms with Crippen molar-refractivity contribution in [3.63, 3.8) is 0 Å². The third kappa shape index (κ3) is 4.02. The number of nitrogens with two attached hydrogens (primary N) is 1. The van der Waals surface area contributed by atoms with Crippen LogP contribution >= 0.6 is 11.3 Å². The van der Waals surface area contributed by atoms with Crippen LogP contribution in [0.4, 0.5) is 5.95 Å². The molecule has 172 valence electrons. The molecule has 0 radical (unpaired) electrons. The van der Waals surface area contributed by atoms with E-state index in [0.29, 0.717) is 53.7 Å². The molecular weight excluding hydrogens is 442 g/mol. The van der Waals surface area contributed by atoms with Crippen molar-refractivity contribution in [3.05, 3.63) is 39.1 Å². The fourth-order valence-corrected chi connectivity index (χ4v) is 5.46. The summed E-state index contributed by atoms with van der Waals surface area (Å²) in [5.41, 5.74) is 9.63. The molecule has 0 unspecified atom stereocenters. The Morgan fingerprint density at radius 1 is 1.30 bits per heavy atom. The fourth-order valence-electron chi connectivity index (χ4n) is 4.67. The van der Waals surface area contributed by atoms with Gasteiger partial charge in [-0.15, -0.1) is 11.3 Å². The Morgan fingerprint density at radius 2 is 2.12 bits per heavy atom.